The Morgan fingerprint density at radius 1 is 1.69 bits per heavy atom. The first-order valence-electron chi connectivity index (χ1n) is 3.76. The zero-order chi connectivity index (χ0) is 10.1. The van der Waals surface area contributed by atoms with Gasteiger partial charge in [-0.1, -0.05) is 6.92 Å². The number of carbonyl (C=O) groups is 1. The highest BCUT2D eigenvalue weighted by Crippen LogP contribution is 2.26. The Hall–Kier alpha value is -0.230. The lowest BCUT2D eigenvalue weighted by Crippen LogP contribution is -2.50. The molecule has 3 nitrogen and oxygen atoms in total. The van der Waals surface area contributed by atoms with Gasteiger partial charge >= 0.3 is 10.7 Å². The van der Waals surface area contributed by atoms with Gasteiger partial charge in [0.05, 0.1) is 13.2 Å². The number of nitrogens with one attached hydrogen (secondary N) is 1. The van der Waals surface area contributed by atoms with Crippen molar-refractivity contribution in [3.8, 4) is 0 Å². The summed E-state index contributed by atoms with van der Waals surface area (Å²) in [7, 11) is 0. The van der Waals surface area contributed by atoms with Crippen molar-refractivity contribution in [2.75, 3.05) is 19.8 Å². The van der Waals surface area contributed by atoms with Crippen molar-refractivity contribution in [3.63, 3.8) is 0 Å². The largest absolute Gasteiger partial charge is 0.380 e. The van der Waals surface area contributed by atoms with Crippen LogP contribution in [-0.2, 0) is 9.53 Å². The second-order valence-electron chi connectivity index (χ2n) is 3.48. The number of halogens is 3. The van der Waals surface area contributed by atoms with Crippen molar-refractivity contribution >= 4 is 21.8 Å². The molecule has 0 aromatic carbocycles. The molecule has 0 unspecified atom stereocenters. The minimum absolute atomic E-state index is 0.187. The summed E-state index contributed by atoms with van der Waals surface area (Å²) in [5, 5.41) is 2.15. The molecule has 0 aliphatic carbocycles. The molecule has 1 N–H and O–H groups in total. The average molecular weight is 258 g/mol. The van der Waals surface area contributed by atoms with E-state index < -0.39 is 10.7 Å². The van der Waals surface area contributed by atoms with Gasteiger partial charge in [-0.15, -0.1) is 0 Å². The topological polar surface area (TPSA) is 38.3 Å². The van der Waals surface area contributed by atoms with E-state index in [0.717, 1.165) is 0 Å². The lowest BCUT2D eigenvalue weighted by molar-refractivity contribution is -0.138. The van der Waals surface area contributed by atoms with Crippen molar-refractivity contribution in [3.05, 3.63) is 0 Å². The monoisotopic (exact) mass is 257 g/mol. The summed E-state index contributed by atoms with van der Waals surface area (Å²) in [5.41, 5.74) is -0.187. The number of carbonyl (C=O) groups excluding carboxylic acids is 1. The SMILES string of the molecule is CC1(CNC(=O)C(F)(F)Br)COC1. The van der Waals surface area contributed by atoms with Gasteiger partial charge in [0, 0.05) is 27.9 Å². The maximum Gasteiger partial charge on any atom is 0.377 e. The van der Waals surface area contributed by atoms with E-state index in [1.54, 1.807) is 0 Å². The number of ether oxygens (including phenoxy) is 1. The Balaban J connectivity index is 2.30. The van der Waals surface area contributed by atoms with Gasteiger partial charge in [0.25, 0.3) is 0 Å². The first-order chi connectivity index (χ1) is 5.83. The molecule has 1 saturated heterocycles. The second kappa shape index (κ2) is 3.49. The molecule has 1 amide bonds. The molecule has 6 heteroatoms. The maximum absolute atomic E-state index is 12.3. The Kier molecular flexibility index (Phi) is 2.91. The molecule has 1 fully saturated rings. The molecule has 0 spiro atoms. The fraction of sp³-hybridized carbons (Fsp3) is 0.857. The Morgan fingerprint density at radius 3 is 2.54 bits per heavy atom. The van der Waals surface area contributed by atoms with E-state index in [2.05, 4.69) is 5.32 Å². The van der Waals surface area contributed by atoms with Crippen LogP contribution in [0.4, 0.5) is 8.78 Å². The molecule has 1 aliphatic heterocycles. The quantitative estimate of drug-likeness (QED) is 0.770. The van der Waals surface area contributed by atoms with Crippen molar-refractivity contribution in [1.29, 1.82) is 0 Å². The molecule has 13 heavy (non-hydrogen) atoms. The number of hydrogen-bond donors (Lipinski definition) is 1. The zero-order valence-corrected chi connectivity index (χ0v) is 8.66. The summed E-state index contributed by atoms with van der Waals surface area (Å²) in [6.45, 7) is 3.08. The summed E-state index contributed by atoms with van der Waals surface area (Å²) in [5.74, 6) is -1.30. The molecule has 0 aromatic rings. The molecule has 1 aliphatic rings. The first kappa shape index (κ1) is 10.8. The summed E-state index contributed by atoms with van der Waals surface area (Å²) in [6, 6.07) is 0. The van der Waals surface area contributed by atoms with Crippen LogP contribution < -0.4 is 5.32 Å². The van der Waals surface area contributed by atoms with Gasteiger partial charge in [-0.3, -0.25) is 4.79 Å². The van der Waals surface area contributed by atoms with E-state index in [-0.39, 0.29) is 12.0 Å². The minimum atomic E-state index is -3.48. The summed E-state index contributed by atoms with van der Waals surface area (Å²) in [4.78, 5) is 7.22. The van der Waals surface area contributed by atoms with Crippen LogP contribution in [0.2, 0.25) is 0 Å². The normalized spacial score (nSPS) is 20.6. The van der Waals surface area contributed by atoms with Crippen LogP contribution in [0.1, 0.15) is 6.92 Å². The van der Waals surface area contributed by atoms with Gasteiger partial charge in [0.1, 0.15) is 0 Å². The number of rotatable bonds is 3. The van der Waals surface area contributed by atoms with E-state index in [9.17, 15) is 13.6 Å². The second-order valence-corrected chi connectivity index (χ2v) is 4.48. The molecule has 0 atom stereocenters. The molecule has 76 valence electrons. The van der Waals surface area contributed by atoms with Crippen molar-refractivity contribution in [1.82, 2.24) is 5.32 Å². The number of amides is 1. The van der Waals surface area contributed by atoms with Gasteiger partial charge in [0.2, 0.25) is 0 Å². The molecule has 0 saturated carbocycles. The summed E-state index contributed by atoms with van der Waals surface area (Å²) < 4.78 is 29.5. The summed E-state index contributed by atoms with van der Waals surface area (Å²) in [6.07, 6.45) is 0. The van der Waals surface area contributed by atoms with Gasteiger partial charge in [-0.2, -0.15) is 8.78 Å². The Morgan fingerprint density at radius 2 is 2.23 bits per heavy atom. The van der Waals surface area contributed by atoms with E-state index in [1.165, 1.54) is 0 Å². The smallest absolute Gasteiger partial charge is 0.377 e. The van der Waals surface area contributed by atoms with Crippen LogP contribution in [0, 0.1) is 5.41 Å². The Labute approximate surface area is 82.9 Å². The van der Waals surface area contributed by atoms with Crippen LogP contribution in [0.15, 0.2) is 0 Å². The molecule has 1 heterocycles. The third-order valence-electron chi connectivity index (χ3n) is 1.83. The number of alkyl halides is 3. The van der Waals surface area contributed by atoms with Gasteiger partial charge in [-0.25, -0.2) is 0 Å². The van der Waals surface area contributed by atoms with Crippen LogP contribution in [0.5, 0.6) is 0 Å². The van der Waals surface area contributed by atoms with Crippen molar-refractivity contribution < 1.29 is 18.3 Å². The minimum Gasteiger partial charge on any atom is -0.380 e. The highest BCUT2D eigenvalue weighted by atomic mass is 79.9. The fourth-order valence-electron chi connectivity index (χ4n) is 0.946. The lowest BCUT2D eigenvalue weighted by atomic mass is 9.89. The van der Waals surface area contributed by atoms with Crippen LogP contribution in [0.25, 0.3) is 0 Å². The maximum atomic E-state index is 12.3. The van der Waals surface area contributed by atoms with Crippen molar-refractivity contribution in [2.24, 2.45) is 5.41 Å². The van der Waals surface area contributed by atoms with Crippen molar-refractivity contribution in [2.45, 2.75) is 11.8 Å². The molecular formula is C7H10BrF2NO2. The predicted octanol–water partition coefficient (Wildman–Crippen LogP) is 1.13. The van der Waals surface area contributed by atoms with Gasteiger partial charge in [0.15, 0.2) is 0 Å². The number of hydrogen-bond acceptors (Lipinski definition) is 2. The van der Waals surface area contributed by atoms with Gasteiger partial charge in [-0.05, 0) is 0 Å². The van der Waals surface area contributed by atoms with E-state index in [0.29, 0.717) is 13.2 Å². The molecule has 0 aromatic heterocycles. The predicted molar refractivity (Wildman–Crippen MR) is 45.8 cm³/mol. The Bertz CT molecular complexity index is 213. The third kappa shape index (κ3) is 2.87. The van der Waals surface area contributed by atoms with E-state index in [4.69, 9.17) is 4.74 Å². The molecule has 0 radical (unpaired) electrons. The fourth-order valence-corrected chi connectivity index (χ4v) is 1.09. The van der Waals surface area contributed by atoms with Crippen LogP contribution >= 0.6 is 15.9 Å². The zero-order valence-electron chi connectivity index (χ0n) is 7.07. The lowest BCUT2D eigenvalue weighted by Gasteiger charge is -2.38. The standard InChI is InChI=1S/C7H10BrF2NO2/c1-6(3-13-4-6)2-11-5(12)7(8,9)10/h2-4H2,1H3,(H,11,12). The van der Waals surface area contributed by atoms with Crippen LogP contribution in [0.3, 0.4) is 0 Å². The molecular weight excluding hydrogens is 248 g/mol. The highest BCUT2D eigenvalue weighted by molar-refractivity contribution is 9.10. The molecule has 1 rings (SSSR count). The van der Waals surface area contributed by atoms with Gasteiger partial charge < -0.3 is 10.1 Å². The van der Waals surface area contributed by atoms with Crippen LogP contribution in [-0.4, -0.2) is 30.5 Å². The van der Waals surface area contributed by atoms with E-state index in [1.807, 2.05) is 22.9 Å². The highest BCUT2D eigenvalue weighted by Gasteiger charge is 2.38. The average Bonchev–Trinajstić information content (AvgIpc) is 1.94. The summed E-state index contributed by atoms with van der Waals surface area (Å²) >= 11 is 1.97. The molecule has 0 bridgehead atoms. The first-order valence-corrected chi connectivity index (χ1v) is 4.56. The van der Waals surface area contributed by atoms with E-state index >= 15 is 0 Å². The third-order valence-corrected chi connectivity index (χ3v) is 2.19.